The summed E-state index contributed by atoms with van der Waals surface area (Å²) in [6.07, 6.45) is 1.08. The Bertz CT molecular complexity index is 1190. The molecular weight excluding hydrogens is 452 g/mol. The molecule has 5 rings (SSSR count). The fourth-order valence-electron chi connectivity index (χ4n) is 3.84. The molecule has 184 valence electrons. The number of aliphatic hydroxyl groups is 4. The molecule has 2 fully saturated rings. The van der Waals surface area contributed by atoms with E-state index in [1.54, 1.807) is 12.3 Å². The third kappa shape index (κ3) is 4.56. The van der Waals surface area contributed by atoms with Gasteiger partial charge in [0.05, 0.1) is 25.6 Å². The third-order valence-electron chi connectivity index (χ3n) is 5.63. The highest BCUT2D eigenvalue weighted by Gasteiger charge is 2.44. The van der Waals surface area contributed by atoms with Crippen LogP contribution < -0.4 is 17.2 Å². The molecule has 34 heavy (non-hydrogen) atoms. The summed E-state index contributed by atoms with van der Waals surface area (Å²) in [6, 6.07) is 1.55. The average molecular weight is 478 g/mol. The van der Waals surface area contributed by atoms with Crippen molar-refractivity contribution in [1.82, 2.24) is 29.1 Å². The Hall–Kier alpha value is -3.21. The van der Waals surface area contributed by atoms with Gasteiger partial charge in [-0.3, -0.25) is 9.13 Å². The normalized spacial score (nSPS) is 28.7. The Balaban J connectivity index is 0.000000166. The minimum atomic E-state index is -1.19. The van der Waals surface area contributed by atoms with E-state index in [1.165, 1.54) is 21.8 Å². The number of ether oxygens (including phenoxy) is 2. The minimum Gasteiger partial charge on any atom is -0.394 e. The third-order valence-corrected chi connectivity index (χ3v) is 5.63. The molecule has 0 unspecified atom stereocenters. The molecule has 6 atom stereocenters. The first-order chi connectivity index (χ1) is 16.3. The molecule has 0 radical (unpaired) electrons. The molecule has 0 bridgehead atoms. The predicted octanol–water partition coefficient (Wildman–Crippen LogP) is -2.48. The van der Waals surface area contributed by atoms with Crippen LogP contribution in [0.4, 0.5) is 11.6 Å². The summed E-state index contributed by atoms with van der Waals surface area (Å²) in [5.74, 6) is 0.420. The Kier molecular flexibility index (Phi) is 7.01. The molecule has 3 aromatic rings. The predicted molar refractivity (Wildman–Crippen MR) is 116 cm³/mol. The van der Waals surface area contributed by atoms with E-state index in [4.69, 9.17) is 31.2 Å². The molecule has 2 saturated heterocycles. The van der Waals surface area contributed by atoms with E-state index in [2.05, 4.69) is 19.9 Å². The number of nitrogens with zero attached hydrogens (tertiary/aromatic N) is 6. The van der Waals surface area contributed by atoms with Crippen LogP contribution in [0.2, 0.25) is 0 Å². The highest BCUT2D eigenvalue weighted by atomic mass is 16.6. The quantitative estimate of drug-likeness (QED) is 0.228. The molecule has 5 heterocycles. The van der Waals surface area contributed by atoms with Gasteiger partial charge >= 0.3 is 5.69 Å². The lowest BCUT2D eigenvalue weighted by Gasteiger charge is -2.16. The fraction of sp³-hybridized carbons (Fsp3) is 0.526. The van der Waals surface area contributed by atoms with Crippen molar-refractivity contribution in [2.75, 3.05) is 24.7 Å². The van der Waals surface area contributed by atoms with Gasteiger partial charge in [0.25, 0.3) is 0 Å². The Morgan fingerprint density at radius 2 is 1.82 bits per heavy atom. The van der Waals surface area contributed by atoms with Gasteiger partial charge in [-0.1, -0.05) is 0 Å². The number of aliphatic hydroxyl groups excluding tert-OH is 4. The largest absolute Gasteiger partial charge is 0.394 e. The zero-order valence-corrected chi connectivity index (χ0v) is 18.0. The second kappa shape index (κ2) is 9.96. The molecule has 0 spiro atoms. The summed E-state index contributed by atoms with van der Waals surface area (Å²) < 4.78 is 13.7. The van der Waals surface area contributed by atoms with Crippen molar-refractivity contribution in [3.63, 3.8) is 0 Å². The molecule has 0 aromatic carbocycles. The van der Waals surface area contributed by atoms with E-state index >= 15 is 0 Å². The van der Waals surface area contributed by atoms with Crippen molar-refractivity contribution in [3.8, 4) is 0 Å². The van der Waals surface area contributed by atoms with Gasteiger partial charge in [-0.2, -0.15) is 4.98 Å². The van der Waals surface area contributed by atoms with E-state index in [0.29, 0.717) is 17.6 Å². The van der Waals surface area contributed by atoms with Crippen LogP contribution in [0.15, 0.2) is 29.7 Å². The van der Waals surface area contributed by atoms with E-state index in [9.17, 15) is 15.0 Å². The number of fused-ring (bicyclic) bond motifs is 1. The molecule has 8 N–H and O–H groups in total. The first-order valence-electron chi connectivity index (χ1n) is 10.5. The molecule has 15 nitrogen and oxygen atoms in total. The van der Waals surface area contributed by atoms with E-state index < -0.39 is 36.8 Å². The van der Waals surface area contributed by atoms with Crippen LogP contribution in [-0.4, -0.2) is 87.1 Å². The maximum absolute atomic E-state index is 11.5. The summed E-state index contributed by atoms with van der Waals surface area (Å²) in [5.41, 5.74) is 11.4. The molecule has 0 saturated carbocycles. The van der Waals surface area contributed by atoms with Crippen molar-refractivity contribution in [1.29, 1.82) is 0 Å². The second-order valence-corrected chi connectivity index (χ2v) is 7.83. The number of rotatable bonds is 4. The Morgan fingerprint density at radius 3 is 2.47 bits per heavy atom. The maximum atomic E-state index is 11.5. The van der Waals surface area contributed by atoms with Crippen LogP contribution in [0.25, 0.3) is 11.2 Å². The van der Waals surface area contributed by atoms with Gasteiger partial charge in [0, 0.05) is 6.20 Å². The van der Waals surface area contributed by atoms with Gasteiger partial charge in [-0.15, -0.1) is 0 Å². The molecule has 0 aliphatic carbocycles. The zero-order valence-electron chi connectivity index (χ0n) is 18.0. The molecule has 3 aromatic heterocycles. The molecule has 2 aliphatic rings. The van der Waals surface area contributed by atoms with Crippen molar-refractivity contribution in [3.05, 3.63) is 35.4 Å². The SMILES string of the molecule is Nc1ccn([C@H]2CC[C@@H](CO)O2)c(=O)n1.Nc1ncnc2c1ncn2[C@@H]1O[C@H](CO)[C@@H](O)[C@@H]1O. The standard InChI is InChI=1S/C10H13N5O4.C9H13N3O3/c11-8-5-9(13-2-12-8)15(3-14-5)10-7(18)6(17)4(1-16)19-10;10-7-3-4-12(9(14)11-7)8-2-1-6(5-13)15-8/h2-4,6-7,10,16-18H,1H2,(H2,11,12,13);3-4,6,8,13H,1-2,5H2,(H2,10,11,14)/t4-,6-,7+,10-;6-,8+/m10/s1. The van der Waals surface area contributed by atoms with Crippen LogP contribution in [0.5, 0.6) is 0 Å². The van der Waals surface area contributed by atoms with E-state index in [0.717, 1.165) is 6.42 Å². The lowest BCUT2D eigenvalue weighted by Crippen LogP contribution is -2.33. The van der Waals surface area contributed by atoms with Gasteiger partial charge in [0.1, 0.15) is 42.2 Å². The summed E-state index contributed by atoms with van der Waals surface area (Å²) in [6.45, 7) is -0.411. The topological polar surface area (TPSA) is 230 Å². The van der Waals surface area contributed by atoms with Crippen LogP contribution in [-0.2, 0) is 9.47 Å². The monoisotopic (exact) mass is 478 g/mol. The van der Waals surface area contributed by atoms with Crippen LogP contribution in [0.3, 0.4) is 0 Å². The maximum Gasteiger partial charge on any atom is 0.351 e. The number of nitrogen functional groups attached to an aromatic ring is 2. The van der Waals surface area contributed by atoms with E-state index in [1.807, 2.05) is 0 Å². The Labute approximate surface area is 192 Å². The van der Waals surface area contributed by atoms with Gasteiger partial charge < -0.3 is 41.4 Å². The van der Waals surface area contributed by atoms with Crippen molar-refractivity contribution in [2.24, 2.45) is 0 Å². The first-order valence-corrected chi connectivity index (χ1v) is 10.5. The summed E-state index contributed by atoms with van der Waals surface area (Å²) in [7, 11) is 0. The molecular formula is C19H26N8O7. The zero-order chi connectivity index (χ0) is 24.4. The number of nitrogens with two attached hydrogens (primary N) is 2. The summed E-state index contributed by atoms with van der Waals surface area (Å²) in [4.78, 5) is 27.0. The number of imidazole rings is 1. The lowest BCUT2D eigenvalue weighted by molar-refractivity contribution is -0.0511. The smallest absolute Gasteiger partial charge is 0.351 e. The van der Waals surface area contributed by atoms with E-state index in [-0.39, 0.29) is 30.6 Å². The fourth-order valence-corrected chi connectivity index (χ4v) is 3.84. The second-order valence-electron chi connectivity index (χ2n) is 7.83. The molecule has 15 heteroatoms. The van der Waals surface area contributed by atoms with Crippen molar-refractivity contribution >= 4 is 22.8 Å². The lowest BCUT2D eigenvalue weighted by atomic mass is 10.1. The first kappa shape index (κ1) is 23.9. The number of hydrogen-bond acceptors (Lipinski definition) is 13. The highest BCUT2D eigenvalue weighted by molar-refractivity contribution is 5.81. The van der Waals surface area contributed by atoms with Gasteiger partial charge in [-0.05, 0) is 18.9 Å². The number of hydrogen-bond donors (Lipinski definition) is 6. The number of anilines is 2. The minimum absolute atomic E-state index is 0.0202. The van der Waals surface area contributed by atoms with Crippen LogP contribution in [0, 0.1) is 0 Å². The average Bonchev–Trinajstić information content (AvgIpc) is 3.53. The summed E-state index contributed by atoms with van der Waals surface area (Å²) >= 11 is 0. The van der Waals surface area contributed by atoms with Gasteiger partial charge in [0.2, 0.25) is 0 Å². The van der Waals surface area contributed by atoms with Crippen LogP contribution in [0.1, 0.15) is 25.3 Å². The highest BCUT2D eigenvalue weighted by Crippen LogP contribution is 2.31. The van der Waals surface area contributed by atoms with Crippen LogP contribution >= 0.6 is 0 Å². The summed E-state index contributed by atoms with van der Waals surface area (Å²) in [5, 5.41) is 37.6. The molecule has 2 aliphatic heterocycles. The van der Waals surface area contributed by atoms with Gasteiger partial charge in [0.15, 0.2) is 17.7 Å². The van der Waals surface area contributed by atoms with Crippen molar-refractivity contribution < 1.29 is 29.9 Å². The van der Waals surface area contributed by atoms with Crippen molar-refractivity contribution in [2.45, 2.75) is 49.7 Å². The Morgan fingerprint density at radius 1 is 1.03 bits per heavy atom. The molecule has 0 amide bonds. The number of aromatic nitrogens is 6. The van der Waals surface area contributed by atoms with Gasteiger partial charge in [-0.25, -0.2) is 19.7 Å².